The SMILES string of the molecule is Cc1cc(Cl)c(S(=O)(=O)N(C)C2CCN(C)CC2)cc1N. The minimum absolute atomic E-state index is 0.00444. The van der Waals surface area contributed by atoms with Gasteiger partial charge in [-0.1, -0.05) is 11.6 Å². The number of anilines is 1. The molecule has 0 spiro atoms. The highest BCUT2D eigenvalue weighted by molar-refractivity contribution is 7.89. The van der Waals surface area contributed by atoms with E-state index >= 15 is 0 Å². The van der Waals surface area contributed by atoms with Crippen molar-refractivity contribution in [3.05, 3.63) is 22.7 Å². The third kappa shape index (κ3) is 3.34. The number of halogens is 1. The number of piperidine rings is 1. The van der Waals surface area contributed by atoms with E-state index < -0.39 is 10.0 Å². The Hall–Kier alpha value is -0.820. The molecule has 1 fully saturated rings. The van der Waals surface area contributed by atoms with Crippen molar-refractivity contribution in [2.24, 2.45) is 0 Å². The predicted octanol–water partition coefficient (Wildman–Crippen LogP) is 1.95. The van der Waals surface area contributed by atoms with Gasteiger partial charge in [0.25, 0.3) is 0 Å². The van der Waals surface area contributed by atoms with Gasteiger partial charge in [-0.2, -0.15) is 4.31 Å². The summed E-state index contributed by atoms with van der Waals surface area (Å²) in [6.45, 7) is 3.60. The first kappa shape index (κ1) is 16.5. The van der Waals surface area contributed by atoms with Crippen molar-refractivity contribution in [1.29, 1.82) is 0 Å². The van der Waals surface area contributed by atoms with Gasteiger partial charge in [0.2, 0.25) is 10.0 Å². The fourth-order valence-corrected chi connectivity index (χ4v) is 4.58. The van der Waals surface area contributed by atoms with Gasteiger partial charge in [-0.25, -0.2) is 8.42 Å². The van der Waals surface area contributed by atoms with E-state index in [1.165, 1.54) is 10.4 Å². The van der Waals surface area contributed by atoms with Crippen LogP contribution in [0.2, 0.25) is 5.02 Å². The van der Waals surface area contributed by atoms with Gasteiger partial charge < -0.3 is 10.6 Å². The average Bonchev–Trinajstić information content (AvgIpc) is 2.42. The molecule has 5 nitrogen and oxygen atoms in total. The molecule has 1 saturated heterocycles. The molecule has 1 heterocycles. The smallest absolute Gasteiger partial charge is 0.244 e. The summed E-state index contributed by atoms with van der Waals surface area (Å²) in [5, 5.41) is 0.224. The first-order valence-electron chi connectivity index (χ1n) is 6.95. The zero-order valence-electron chi connectivity index (χ0n) is 12.6. The fraction of sp³-hybridized carbons (Fsp3) is 0.571. The van der Waals surface area contributed by atoms with Crippen LogP contribution >= 0.6 is 11.6 Å². The molecule has 0 saturated carbocycles. The van der Waals surface area contributed by atoms with Crippen LogP contribution in [-0.4, -0.2) is 50.8 Å². The molecule has 1 aromatic rings. The molecular weight excluding hydrogens is 310 g/mol. The molecule has 0 radical (unpaired) electrons. The first-order chi connectivity index (χ1) is 9.73. The number of likely N-dealkylation sites (tertiary alicyclic amines) is 1. The molecule has 2 N–H and O–H groups in total. The predicted molar refractivity (Wildman–Crippen MR) is 86.1 cm³/mol. The van der Waals surface area contributed by atoms with Crippen LogP contribution in [0.25, 0.3) is 0 Å². The lowest BCUT2D eigenvalue weighted by atomic mass is 10.1. The fourth-order valence-electron chi connectivity index (χ4n) is 2.58. The number of rotatable bonds is 3. The lowest BCUT2D eigenvalue weighted by Gasteiger charge is -2.34. The van der Waals surface area contributed by atoms with Crippen molar-refractivity contribution in [3.63, 3.8) is 0 Å². The molecule has 21 heavy (non-hydrogen) atoms. The molecule has 7 heteroatoms. The molecule has 0 bridgehead atoms. The molecule has 1 aliphatic rings. The zero-order chi connectivity index (χ0) is 15.8. The maximum Gasteiger partial charge on any atom is 0.244 e. The summed E-state index contributed by atoms with van der Waals surface area (Å²) in [5.41, 5.74) is 7.05. The summed E-state index contributed by atoms with van der Waals surface area (Å²) in [5.74, 6) is 0. The number of hydrogen-bond donors (Lipinski definition) is 1. The van der Waals surface area contributed by atoms with Gasteiger partial charge >= 0.3 is 0 Å². The summed E-state index contributed by atoms with van der Waals surface area (Å²) in [7, 11) is 0.0435. The van der Waals surface area contributed by atoms with Crippen molar-refractivity contribution >= 4 is 27.3 Å². The van der Waals surface area contributed by atoms with Crippen molar-refractivity contribution < 1.29 is 8.42 Å². The monoisotopic (exact) mass is 331 g/mol. The quantitative estimate of drug-likeness (QED) is 0.860. The Labute approximate surface area is 131 Å². The molecule has 0 amide bonds. The van der Waals surface area contributed by atoms with Crippen LogP contribution in [0.3, 0.4) is 0 Å². The molecule has 0 atom stereocenters. The van der Waals surface area contributed by atoms with Crippen LogP contribution in [0.5, 0.6) is 0 Å². The molecule has 0 aromatic heterocycles. The molecule has 0 unspecified atom stereocenters. The number of hydrogen-bond acceptors (Lipinski definition) is 4. The van der Waals surface area contributed by atoms with E-state index in [-0.39, 0.29) is 16.0 Å². The van der Waals surface area contributed by atoms with Crippen molar-refractivity contribution in [2.45, 2.75) is 30.7 Å². The lowest BCUT2D eigenvalue weighted by Crippen LogP contribution is -2.44. The molecule has 0 aliphatic carbocycles. The van der Waals surface area contributed by atoms with Gasteiger partial charge in [0.15, 0.2) is 0 Å². The molecular formula is C14H22ClN3O2S. The number of aryl methyl sites for hydroxylation is 1. The highest BCUT2D eigenvalue weighted by atomic mass is 35.5. The molecule has 1 aromatic carbocycles. The summed E-state index contributed by atoms with van der Waals surface area (Å²) < 4.78 is 27.0. The van der Waals surface area contributed by atoms with Gasteiger partial charge in [0, 0.05) is 18.8 Å². The standard InChI is InChI=1S/C14H22ClN3O2S/c1-10-8-12(15)14(9-13(10)16)21(19,20)18(3)11-4-6-17(2)7-5-11/h8-9,11H,4-7,16H2,1-3H3. The Balaban J connectivity index is 2.31. The largest absolute Gasteiger partial charge is 0.398 e. The maximum absolute atomic E-state index is 12.8. The normalized spacial score (nSPS) is 18.3. The van der Waals surface area contributed by atoms with E-state index in [0.717, 1.165) is 31.5 Å². The van der Waals surface area contributed by atoms with Crippen molar-refractivity contribution in [2.75, 3.05) is 32.9 Å². The summed E-state index contributed by atoms with van der Waals surface area (Å²) >= 11 is 6.12. The second kappa shape index (κ2) is 6.12. The van der Waals surface area contributed by atoms with Crippen LogP contribution in [0.4, 0.5) is 5.69 Å². The summed E-state index contributed by atoms with van der Waals surface area (Å²) in [4.78, 5) is 2.29. The molecule has 118 valence electrons. The summed E-state index contributed by atoms with van der Waals surface area (Å²) in [6.07, 6.45) is 1.65. The van der Waals surface area contributed by atoms with Crippen molar-refractivity contribution in [1.82, 2.24) is 9.21 Å². The van der Waals surface area contributed by atoms with E-state index in [4.69, 9.17) is 17.3 Å². The Morgan fingerprint density at radius 2 is 1.90 bits per heavy atom. The van der Waals surface area contributed by atoms with Crippen molar-refractivity contribution in [3.8, 4) is 0 Å². The highest BCUT2D eigenvalue weighted by Crippen LogP contribution is 2.30. The van der Waals surface area contributed by atoms with E-state index in [9.17, 15) is 8.42 Å². The van der Waals surface area contributed by atoms with E-state index in [1.54, 1.807) is 20.0 Å². The Bertz CT molecular complexity index is 625. The van der Waals surface area contributed by atoms with Gasteiger partial charge in [-0.3, -0.25) is 0 Å². The minimum atomic E-state index is -3.62. The van der Waals surface area contributed by atoms with E-state index in [0.29, 0.717) is 5.69 Å². The van der Waals surface area contributed by atoms with Crippen LogP contribution < -0.4 is 5.73 Å². The Morgan fingerprint density at radius 3 is 2.48 bits per heavy atom. The maximum atomic E-state index is 12.8. The van der Waals surface area contributed by atoms with Crippen LogP contribution in [0, 0.1) is 6.92 Å². The second-order valence-electron chi connectivity index (χ2n) is 5.69. The first-order valence-corrected chi connectivity index (χ1v) is 8.77. The van der Waals surface area contributed by atoms with Crippen LogP contribution in [0.15, 0.2) is 17.0 Å². The van der Waals surface area contributed by atoms with E-state index in [2.05, 4.69) is 4.90 Å². The van der Waals surface area contributed by atoms with Gasteiger partial charge in [0.1, 0.15) is 4.90 Å². The number of nitrogen functional groups attached to an aromatic ring is 1. The number of nitrogens with zero attached hydrogens (tertiary/aromatic N) is 2. The zero-order valence-corrected chi connectivity index (χ0v) is 14.2. The second-order valence-corrected chi connectivity index (χ2v) is 8.07. The summed E-state index contributed by atoms with van der Waals surface area (Å²) in [6, 6.07) is 3.06. The third-order valence-corrected chi connectivity index (χ3v) is 6.55. The topological polar surface area (TPSA) is 66.6 Å². The number of benzene rings is 1. The van der Waals surface area contributed by atoms with Crippen LogP contribution in [-0.2, 0) is 10.0 Å². The number of sulfonamides is 1. The molecule has 1 aliphatic heterocycles. The Kier molecular flexibility index (Phi) is 4.82. The van der Waals surface area contributed by atoms with Gasteiger partial charge in [-0.15, -0.1) is 0 Å². The van der Waals surface area contributed by atoms with Gasteiger partial charge in [-0.05, 0) is 57.6 Å². The third-order valence-electron chi connectivity index (χ3n) is 4.18. The number of nitrogens with two attached hydrogens (primary N) is 1. The lowest BCUT2D eigenvalue weighted by molar-refractivity contribution is 0.197. The highest BCUT2D eigenvalue weighted by Gasteiger charge is 2.31. The van der Waals surface area contributed by atoms with E-state index in [1.807, 2.05) is 7.05 Å². The minimum Gasteiger partial charge on any atom is -0.398 e. The average molecular weight is 332 g/mol. The van der Waals surface area contributed by atoms with Gasteiger partial charge in [0.05, 0.1) is 5.02 Å². The van der Waals surface area contributed by atoms with Crippen LogP contribution in [0.1, 0.15) is 18.4 Å². The Morgan fingerprint density at radius 1 is 1.33 bits per heavy atom. The molecule has 2 rings (SSSR count).